The number of nitrogens with one attached hydrogen (secondary N) is 1. The van der Waals surface area contributed by atoms with Gasteiger partial charge in [0.25, 0.3) is 0 Å². The first kappa shape index (κ1) is 13.0. The molecule has 0 atom stereocenters. The number of benzene rings is 2. The van der Waals surface area contributed by atoms with Gasteiger partial charge in [-0.15, -0.1) is 0 Å². The molecule has 3 N–H and O–H groups in total. The van der Waals surface area contributed by atoms with E-state index in [2.05, 4.69) is 36.5 Å². The first-order chi connectivity index (χ1) is 9.24. The molecule has 3 heteroatoms. The first-order valence-corrected chi connectivity index (χ1v) is 6.35. The van der Waals surface area contributed by atoms with Crippen LogP contribution in [-0.4, -0.2) is 0 Å². The lowest BCUT2D eigenvalue weighted by Gasteiger charge is -2.11. The van der Waals surface area contributed by atoms with Crippen molar-refractivity contribution < 1.29 is 0 Å². The summed E-state index contributed by atoms with van der Waals surface area (Å²) in [4.78, 5) is 0. The van der Waals surface area contributed by atoms with E-state index in [0.29, 0.717) is 11.3 Å². The van der Waals surface area contributed by atoms with Crippen molar-refractivity contribution in [1.29, 1.82) is 5.26 Å². The van der Waals surface area contributed by atoms with Crippen molar-refractivity contribution in [3.05, 3.63) is 59.2 Å². The zero-order valence-electron chi connectivity index (χ0n) is 11.0. The Labute approximate surface area is 113 Å². The highest BCUT2D eigenvalue weighted by Crippen LogP contribution is 2.18. The minimum absolute atomic E-state index is 0.508. The zero-order valence-corrected chi connectivity index (χ0v) is 11.0. The molecule has 0 aromatic heterocycles. The molecule has 96 valence electrons. The highest BCUT2D eigenvalue weighted by atomic mass is 14.9. The Bertz CT molecular complexity index is 612. The summed E-state index contributed by atoms with van der Waals surface area (Å²) < 4.78 is 0. The Hall–Kier alpha value is -2.47. The third kappa shape index (κ3) is 3.05. The number of nitrogens with two attached hydrogens (primary N) is 1. The lowest BCUT2D eigenvalue weighted by molar-refractivity contribution is 1.04. The Morgan fingerprint density at radius 2 is 1.89 bits per heavy atom. The van der Waals surface area contributed by atoms with Crippen molar-refractivity contribution in [2.24, 2.45) is 0 Å². The minimum Gasteiger partial charge on any atom is -0.398 e. The number of nitrogens with zero attached hydrogens (tertiary/aromatic N) is 1. The second-order valence-electron chi connectivity index (χ2n) is 4.39. The van der Waals surface area contributed by atoms with Crippen molar-refractivity contribution in [1.82, 2.24) is 0 Å². The lowest BCUT2D eigenvalue weighted by atomic mass is 10.1. The van der Waals surface area contributed by atoms with Gasteiger partial charge in [-0.1, -0.05) is 31.2 Å². The fourth-order valence-corrected chi connectivity index (χ4v) is 2.04. The molecule has 2 aromatic carbocycles. The summed E-state index contributed by atoms with van der Waals surface area (Å²) in [5.41, 5.74) is 10.3. The van der Waals surface area contributed by atoms with Crippen LogP contribution in [0.2, 0.25) is 0 Å². The van der Waals surface area contributed by atoms with Gasteiger partial charge in [0.1, 0.15) is 6.07 Å². The molecule has 0 saturated heterocycles. The maximum Gasteiger partial charge on any atom is 0.101 e. The van der Waals surface area contributed by atoms with Gasteiger partial charge in [-0.05, 0) is 35.7 Å². The molecule has 2 aromatic rings. The van der Waals surface area contributed by atoms with Crippen LogP contribution in [0.25, 0.3) is 0 Å². The predicted molar refractivity (Wildman–Crippen MR) is 78.7 cm³/mol. The summed E-state index contributed by atoms with van der Waals surface area (Å²) in [6.07, 6.45) is 1.02. The third-order valence-corrected chi connectivity index (χ3v) is 3.16. The molecule has 3 nitrogen and oxygen atoms in total. The molecule has 19 heavy (non-hydrogen) atoms. The molecule has 0 unspecified atom stereocenters. The van der Waals surface area contributed by atoms with Gasteiger partial charge < -0.3 is 11.1 Å². The van der Waals surface area contributed by atoms with E-state index in [1.165, 1.54) is 11.1 Å². The quantitative estimate of drug-likeness (QED) is 0.819. The Kier molecular flexibility index (Phi) is 4.04. The van der Waals surface area contributed by atoms with Crippen LogP contribution in [0.5, 0.6) is 0 Å². The van der Waals surface area contributed by atoms with Gasteiger partial charge in [-0.25, -0.2) is 0 Å². The number of hydrogen-bond donors (Lipinski definition) is 2. The van der Waals surface area contributed by atoms with Crippen LogP contribution in [0.15, 0.2) is 42.5 Å². The summed E-state index contributed by atoms with van der Waals surface area (Å²) in [5.74, 6) is 0. The highest BCUT2D eigenvalue weighted by molar-refractivity contribution is 5.62. The number of nitrogen functional groups attached to an aromatic ring is 1. The second kappa shape index (κ2) is 5.92. The molecule has 2 rings (SSSR count). The number of aryl methyl sites for hydroxylation is 1. The average Bonchev–Trinajstić information content (AvgIpc) is 2.46. The molecule has 0 spiro atoms. The molecular weight excluding hydrogens is 234 g/mol. The summed E-state index contributed by atoms with van der Waals surface area (Å²) in [5, 5.41) is 12.3. The maximum absolute atomic E-state index is 8.95. The van der Waals surface area contributed by atoms with E-state index in [-0.39, 0.29) is 0 Å². The van der Waals surface area contributed by atoms with Crippen molar-refractivity contribution in [2.75, 3.05) is 11.1 Å². The molecule has 0 radical (unpaired) electrons. The van der Waals surface area contributed by atoms with Crippen molar-refractivity contribution >= 4 is 11.4 Å². The standard InChI is InChI=1S/C16H17N3/c1-2-12-5-3-4-6-13(12)11-19-15-7-8-16(18)14(9-15)10-17/h3-9,19H,2,11,18H2,1H3. The number of anilines is 2. The number of rotatable bonds is 4. The van der Waals surface area contributed by atoms with E-state index in [9.17, 15) is 0 Å². The van der Waals surface area contributed by atoms with E-state index in [1.54, 1.807) is 12.1 Å². The largest absolute Gasteiger partial charge is 0.398 e. The second-order valence-corrected chi connectivity index (χ2v) is 4.39. The monoisotopic (exact) mass is 251 g/mol. The van der Waals surface area contributed by atoms with E-state index < -0.39 is 0 Å². The molecule has 0 saturated carbocycles. The highest BCUT2D eigenvalue weighted by Gasteiger charge is 2.02. The van der Waals surface area contributed by atoms with Gasteiger partial charge in [0.15, 0.2) is 0 Å². The van der Waals surface area contributed by atoms with Gasteiger partial charge in [-0.3, -0.25) is 0 Å². The molecule has 0 aliphatic rings. The Balaban J connectivity index is 2.13. The van der Waals surface area contributed by atoms with Crippen LogP contribution in [0.1, 0.15) is 23.6 Å². The topological polar surface area (TPSA) is 61.8 Å². The smallest absolute Gasteiger partial charge is 0.101 e. The minimum atomic E-state index is 0.508. The normalized spacial score (nSPS) is 9.89. The van der Waals surface area contributed by atoms with Crippen LogP contribution in [-0.2, 0) is 13.0 Å². The summed E-state index contributed by atoms with van der Waals surface area (Å²) >= 11 is 0. The van der Waals surface area contributed by atoms with Gasteiger partial charge in [-0.2, -0.15) is 5.26 Å². The molecular formula is C16H17N3. The van der Waals surface area contributed by atoms with Crippen LogP contribution in [0.4, 0.5) is 11.4 Å². The Morgan fingerprint density at radius 1 is 1.16 bits per heavy atom. The summed E-state index contributed by atoms with van der Waals surface area (Å²) in [6.45, 7) is 2.90. The molecule has 0 fully saturated rings. The fourth-order valence-electron chi connectivity index (χ4n) is 2.04. The van der Waals surface area contributed by atoms with Gasteiger partial charge in [0.05, 0.1) is 5.56 Å². The SMILES string of the molecule is CCc1ccccc1CNc1ccc(N)c(C#N)c1. The molecule has 0 bridgehead atoms. The first-order valence-electron chi connectivity index (χ1n) is 6.35. The maximum atomic E-state index is 8.95. The summed E-state index contributed by atoms with van der Waals surface area (Å²) in [7, 11) is 0. The van der Waals surface area contributed by atoms with Crippen molar-refractivity contribution in [2.45, 2.75) is 19.9 Å². The van der Waals surface area contributed by atoms with Crippen LogP contribution in [0.3, 0.4) is 0 Å². The summed E-state index contributed by atoms with van der Waals surface area (Å²) in [6, 6.07) is 15.9. The van der Waals surface area contributed by atoms with Crippen molar-refractivity contribution in [3.63, 3.8) is 0 Å². The van der Waals surface area contributed by atoms with Crippen molar-refractivity contribution in [3.8, 4) is 6.07 Å². The molecule has 0 amide bonds. The van der Waals surface area contributed by atoms with E-state index >= 15 is 0 Å². The van der Waals surface area contributed by atoms with Crippen LogP contribution < -0.4 is 11.1 Å². The molecule has 0 heterocycles. The average molecular weight is 251 g/mol. The molecule has 0 aliphatic carbocycles. The predicted octanol–water partition coefficient (Wildman–Crippen LogP) is 3.31. The third-order valence-electron chi connectivity index (χ3n) is 3.16. The zero-order chi connectivity index (χ0) is 13.7. The molecule has 0 aliphatic heterocycles. The van der Waals surface area contributed by atoms with Gasteiger partial charge >= 0.3 is 0 Å². The van der Waals surface area contributed by atoms with E-state index in [1.807, 2.05) is 12.1 Å². The van der Waals surface area contributed by atoms with Gasteiger partial charge in [0.2, 0.25) is 0 Å². The van der Waals surface area contributed by atoms with E-state index in [4.69, 9.17) is 11.0 Å². The fraction of sp³-hybridized carbons (Fsp3) is 0.188. The van der Waals surface area contributed by atoms with E-state index in [0.717, 1.165) is 18.7 Å². The van der Waals surface area contributed by atoms with Crippen LogP contribution in [0, 0.1) is 11.3 Å². The van der Waals surface area contributed by atoms with Gasteiger partial charge in [0, 0.05) is 17.9 Å². The number of hydrogen-bond acceptors (Lipinski definition) is 3. The number of nitriles is 1. The Morgan fingerprint density at radius 3 is 2.58 bits per heavy atom. The van der Waals surface area contributed by atoms with Crippen LogP contribution >= 0.6 is 0 Å². The lowest BCUT2D eigenvalue weighted by Crippen LogP contribution is -2.03.